The molecule has 1 atom stereocenters. The molecule has 0 saturated heterocycles. The fourth-order valence-electron chi connectivity index (χ4n) is 2.07. The van der Waals surface area contributed by atoms with Gasteiger partial charge in [-0.2, -0.15) is 0 Å². The maximum Gasteiger partial charge on any atom is 0.191 e. The van der Waals surface area contributed by atoms with Crippen LogP contribution in [-0.4, -0.2) is 31.3 Å². The van der Waals surface area contributed by atoms with Crippen molar-refractivity contribution in [1.82, 2.24) is 15.8 Å². The maximum atomic E-state index is 5.20. The number of halogens is 1. The molecule has 0 bridgehead atoms. The number of hydrogen-bond acceptors (Lipinski definition) is 3. The Morgan fingerprint density at radius 1 is 1.20 bits per heavy atom. The molecule has 116 valence electrons. The van der Waals surface area contributed by atoms with Gasteiger partial charge < -0.3 is 15.2 Å². The average molecular weight is 394 g/mol. The second-order valence-electron chi connectivity index (χ2n) is 5.37. The zero-order valence-electron chi connectivity index (χ0n) is 13.3. The minimum Gasteiger partial charge on any atom is -0.361 e. The van der Waals surface area contributed by atoms with Crippen LogP contribution in [0.4, 0.5) is 0 Å². The molecule has 1 aromatic heterocycles. The highest BCUT2D eigenvalue weighted by Crippen LogP contribution is 2.22. The summed E-state index contributed by atoms with van der Waals surface area (Å²) in [5.74, 6) is 2.67. The smallest absolute Gasteiger partial charge is 0.191 e. The normalized spacial score (nSPS) is 13.1. The predicted molar refractivity (Wildman–Crippen MR) is 94.0 cm³/mol. The Kier molecular flexibility index (Phi) is 8.84. The molecule has 1 unspecified atom stereocenters. The van der Waals surface area contributed by atoms with Crippen molar-refractivity contribution in [2.24, 2.45) is 10.9 Å². The van der Waals surface area contributed by atoms with Crippen molar-refractivity contribution in [2.45, 2.75) is 40.5 Å². The Bertz CT molecular complexity index is 409. The van der Waals surface area contributed by atoms with Crippen LogP contribution in [0.3, 0.4) is 0 Å². The van der Waals surface area contributed by atoms with Crippen LogP contribution in [0.15, 0.2) is 9.52 Å². The van der Waals surface area contributed by atoms with Crippen molar-refractivity contribution in [2.75, 3.05) is 20.1 Å². The van der Waals surface area contributed by atoms with Crippen LogP contribution < -0.4 is 10.6 Å². The molecule has 0 fully saturated rings. The first-order chi connectivity index (χ1) is 8.95. The first-order valence-corrected chi connectivity index (χ1v) is 6.83. The van der Waals surface area contributed by atoms with Crippen molar-refractivity contribution in [1.29, 1.82) is 0 Å². The van der Waals surface area contributed by atoms with Crippen molar-refractivity contribution < 1.29 is 4.52 Å². The highest BCUT2D eigenvalue weighted by Gasteiger charge is 2.16. The van der Waals surface area contributed by atoms with E-state index in [0.717, 1.165) is 30.5 Å². The third kappa shape index (κ3) is 5.68. The fraction of sp³-hybridized carbons (Fsp3) is 0.714. The van der Waals surface area contributed by atoms with Gasteiger partial charge in [-0.25, -0.2) is 0 Å². The number of aryl methyl sites for hydroxylation is 2. The van der Waals surface area contributed by atoms with Gasteiger partial charge >= 0.3 is 0 Å². The summed E-state index contributed by atoms with van der Waals surface area (Å²) in [6, 6.07) is 0. The van der Waals surface area contributed by atoms with Crippen LogP contribution in [0.1, 0.15) is 43.7 Å². The van der Waals surface area contributed by atoms with Crippen molar-refractivity contribution >= 4 is 29.9 Å². The molecule has 20 heavy (non-hydrogen) atoms. The van der Waals surface area contributed by atoms with Gasteiger partial charge in [0.05, 0.1) is 5.69 Å². The van der Waals surface area contributed by atoms with Gasteiger partial charge in [-0.1, -0.05) is 25.9 Å². The number of rotatable bonds is 5. The molecule has 6 heteroatoms. The second-order valence-corrected chi connectivity index (χ2v) is 5.37. The van der Waals surface area contributed by atoms with E-state index in [9.17, 15) is 0 Å². The van der Waals surface area contributed by atoms with E-state index in [1.54, 1.807) is 7.05 Å². The van der Waals surface area contributed by atoms with Gasteiger partial charge in [0.15, 0.2) is 5.96 Å². The van der Waals surface area contributed by atoms with Gasteiger partial charge in [0, 0.05) is 31.6 Å². The second kappa shape index (κ2) is 9.20. The van der Waals surface area contributed by atoms with Crippen LogP contribution in [-0.2, 0) is 0 Å². The highest BCUT2D eigenvalue weighted by atomic mass is 127. The van der Waals surface area contributed by atoms with Crippen molar-refractivity contribution in [3.63, 3.8) is 0 Å². The summed E-state index contributed by atoms with van der Waals surface area (Å²) in [6.45, 7) is 12.2. The molecule has 1 aromatic rings. The Hall–Kier alpha value is -0.790. The van der Waals surface area contributed by atoms with Crippen LogP contribution in [0.5, 0.6) is 0 Å². The molecule has 0 aromatic carbocycles. The summed E-state index contributed by atoms with van der Waals surface area (Å²) in [5, 5.41) is 10.6. The summed E-state index contributed by atoms with van der Waals surface area (Å²) in [6.07, 6.45) is 0. The Morgan fingerprint density at radius 2 is 1.80 bits per heavy atom. The first-order valence-electron chi connectivity index (χ1n) is 6.83. The summed E-state index contributed by atoms with van der Waals surface area (Å²) in [5.41, 5.74) is 2.16. The number of aliphatic imine (C=N–C) groups is 1. The third-order valence-corrected chi connectivity index (χ3v) is 3.06. The highest BCUT2D eigenvalue weighted by molar-refractivity contribution is 14.0. The van der Waals surface area contributed by atoms with Gasteiger partial charge in [-0.15, -0.1) is 24.0 Å². The number of aromatic nitrogens is 1. The Labute approximate surface area is 139 Å². The molecule has 0 radical (unpaired) electrons. The lowest BCUT2D eigenvalue weighted by Crippen LogP contribution is -2.40. The van der Waals surface area contributed by atoms with Gasteiger partial charge in [-0.05, 0) is 19.8 Å². The van der Waals surface area contributed by atoms with Gasteiger partial charge in [-0.3, -0.25) is 4.99 Å². The van der Waals surface area contributed by atoms with Gasteiger partial charge in [0.2, 0.25) is 0 Å². The molecule has 1 rings (SSSR count). The predicted octanol–water partition coefficient (Wildman–Crippen LogP) is 2.83. The molecule has 0 aliphatic carbocycles. The molecule has 2 N–H and O–H groups in total. The maximum absolute atomic E-state index is 5.20. The van der Waals surface area contributed by atoms with E-state index in [4.69, 9.17) is 4.52 Å². The quantitative estimate of drug-likeness (QED) is 0.458. The molecular formula is C14H27IN4O. The third-order valence-electron chi connectivity index (χ3n) is 3.06. The van der Waals surface area contributed by atoms with Crippen LogP contribution in [0, 0.1) is 19.8 Å². The molecular weight excluding hydrogens is 367 g/mol. The average Bonchev–Trinajstić information content (AvgIpc) is 2.68. The van der Waals surface area contributed by atoms with Crippen molar-refractivity contribution in [3.8, 4) is 0 Å². The summed E-state index contributed by atoms with van der Waals surface area (Å²) in [4.78, 5) is 4.21. The Balaban J connectivity index is 0.00000361. The monoisotopic (exact) mass is 394 g/mol. The molecule has 5 nitrogen and oxygen atoms in total. The van der Waals surface area contributed by atoms with Crippen LogP contribution >= 0.6 is 24.0 Å². The summed E-state index contributed by atoms with van der Waals surface area (Å²) < 4.78 is 5.20. The van der Waals surface area contributed by atoms with Gasteiger partial charge in [0.1, 0.15) is 5.76 Å². The minimum absolute atomic E-state index is 0. The summed E-state index contributed by atoms with van der Waals surface area (Å²) in [7, 11) is 1.79. The lowest BCUT2D eigenvalue weighted by Gasteiger charge is -2.17. The lowest BCUT2D eigenvalue weighted by molar-refractivity contribution is 0.391. The number of hydrogen-bond donors (Lipinski definition) is 2. The van der Waals surface area contributed by atoms with E-state index in [1.807, 2.05) is 13.8 Å². The Morgan fingerprint density at radius 3 is 2.25 bits per heavy atom. The standard InChI is InChI=1S/C14H26N4O.HI/c1-9(2)7-16-14(15-6)17-8-10(3)13-11(4)18-19-12(13)5;/h9-10H,7-8H2,1-6H3,(H2,15,16,17);1H. The van der Waals surface area contributed by atoms with E-state index in [-0.39, 0.29) is 24.0 Å². The molecule has 0 aliphatic rings. The molecule has 0 amide bonds. The molecule has 0 saturated carbocycles. The van der Waals surface area contributed by atoms with Gasteiger partial charge in [0.25, 0.3) is 0 Å². The fourth-order valence-corrected chi connectivity index (χ4v) is 2.07. The number of nitrogens with one attached hydrogen (secondary N) is 2. The van der Waals surface area contributed by atoms with E-state index >= 15 is 0 Å². The lowest BCUT2D eigenvalue weighted by atomic mass is 10.00. The minimum atomic E-state index is 0. The number of guanidine groups is 1. The van der Waals surface area contributed by atoms with Crippen LogP contribution in [0.25, 0.3) is 0 Å². The topological polar surface area (TPSA) is 62.5 Å². The largest absolute Gasteiger partial charge is 0.361 e. The zero-order valence-corrected chi connectivity index (χ0v) is 15.6. The molecule has 0 aliphatic heterocycles. The summed E-state index contributed by atoms with van der Waals surface area (Å²) >= 11 is 0. The SMILES string of the molecule is CN=C(NCC(C)C)NCC(C)c1c(C)noc1C.I. The molecule has 1 heterocycles. The first kappa shape index (κ1) is 19.2. The van der Waals surface area contributed by atoms with E-state index in [1.165, 1.54) is 5.56 Å². The van der Waals surface area contributed by atoms with E-state index in [0.29, 0.717) is 11.8 Å². The zero-order chi connectivity index (χ0) is 14.4. The van der Waals surface area contributed by atoms with E-state index < -0.39 is 0 Å². The van der Waals surface area contributed by atoms with Crippen molar-refractivity contribution in [3.05, 3.63) is 17.0 Å². The van der Waals surface area contributed by atoms with Crippen LogP contribution in [0.2, 0.25) is 0 Å². The molecule has 0 spiro atoms. The van der Waals surface area contributed by atoms with E-state index in [2.05, 4.69) is 41.6 Å². The number of nitrogens with zero attached hydrogens (tertiary/aromatic N) is 2.